The van der Waals surface area contributed by atoms with Crippen molar-refractivity contribution < 1.29 is 4.42 Å². The standard InChI is InChI=1S/C21H23BrN4O2/c1-21(2,3)20-24-17-8-6-14(22)12-16(17)19(27)26(20)23-13-15-7-9-18(28-15)25-10-4-5-11-25/h6-9,12-13H,4-5,10-11H2,1-3H3. The van der Waals surface area contributed by atoms with Crippen LogP contribution in [0, 0.1) is 0 Å². The molecule has 6 nitrogen and oxygen atoms in total. The zero-order valence-corrected chi connectivity index (χ0v) is 17.9. The van der Waals surface area contributed by atoms with Crippen molar-refractivity contribution in [2.24, 2.45) is 5.10 Å². The van der Waals surface area contributed by atoms with Gasteiger partial charge in [-0.2, -0.15) is 9.78 Å². The molecular formula is C21H23BrN4O2. The van der Waals surface area contributed by atoms with Crippen LogP contribution in [-0.4, -0.2) is 29.0 Å². The molecule has 0 spiro atoms. The largest absolute Gasteiger partial charge is 0.440 e. The highest BCUT2D eigenvalue weighted by Crippen LogP contribution is 2.24. The van der Waals surface area contributed by atoms with Gasteiger partial charge in [0, 0.05) is 29.0 Å². The third kappa shape index (κ3) is 3.63. The second kappa shape index (κ2) is 7.20. The van der Waals surface area contributed by atoms with E-state index in [0.29, 0.717) is 22.5 Å². The molecule has 2 aromatic heterocycles. The number of rotatable bonds is 3. The Kier molecular flexibility index (Phi) is 4.87. The molecule has 146 valence electrons. The number of anilines is 1. The molecule has 1 fully saturated rings. The van der Waals surface area contributed by atoms with Gasteiger partial charge in [0.2, 0.25) is 0 Å². The number of aromatic nitrogens is 2. The van der Waals surface area contributed by atoms with Gasteiger partial charge in [-0.3, -0.25) is 4.79 Å². The van der Waals surface area contributed by atoms with Crippen LogP contribution in [-0.2, 0) is 5.41 Å². The van der Waals surface area contributed by atoms with Crippen molar-refractivity contribution >= 4 is 38.9 Å². The predicted octanol–water partition coefficient (Wildman–Crippen LogP) is 4.53. The van der Waals surface area contributed by atoms with E-state index >= 15 is 0 Å². The van der Waals surface area contributed by atoms with Crippen LogP contribution in [0.25, 0.3) is 10.9 Å². The Morgan fingerprint density at radius 3 is 2.64 bits per heavy atom. The zero-order chi connectivity index (χ0) is 19.9. The molecule has 0 atom stereocenters. The van der Waals surface area contributed by atoms with Crippen molar-refractivity contribution in [3.8, 4) is 0 Å². The molecule has 1 saturated heterocycles. The van der Waals surface area contributed by atoms with E-state index in [4.69, 9.17) is 9.40 Å². The number of fused-ring (bicyclic) bond motifs is 1. The maximum absolute atomic E-state index is 13.1. The molecule has 0 aliphatic carbocycles. The topological polar surface area (TPSA) is 63.6 Å². The summed E-state index contributed by atoms with van der Waals surface area (Å²) in [5.74, 6) is 2.07. The Bertz CT molecular complexity index is 1100. The molecule has 4 rings (SSSR count). The van der Waals surface area contributed by atoms with Gasteiger partial charge < -0.3 is 9.32 Å². The lowest BCUT2D eigenvalue weighted by atomic mass is 9.95. The van der Waals surface area contributed by atoms with Crippen LogP contribution < -0.4 is 10.5 Å². The molecule has 3 heterocycles. The number of hydrogen-bond donors (Lipinski definition) is 0. The summed E-state index contributed by atoms with van der Waals surface area (Å²) in [6.45, 7) is 8.08. The maximum Gasteiger partial charge on any atom is 0.282 e. The summed E-state index contributed by atoms with van der Waals surface area (Å²) in [5.41, 5.74) is 0.124. The Balaban J connectivity index is 1.77. The lowest BCUT2D eigenvalue weighted by molar-refractivity contribution is 0.504. The van der Waals surface area contributed by atoms with Crippen molar-refractivity contribution in [1.82, 2.24) is 9.66 Å². The normalized spacial score (nSPS) is 15.2. The SMILES string of the molecule is CC(C)(C)c1nc2ccc(Br)cc2c(=O)n1N=Cc1ccc(N2CCCC2)o1. The van der Waals surface area contributed by atoms with Gasteiger partial charge in [0.05, 0.1) is 17.1 Å². The van der Waals surface area contributed by atoms with Crippen LogP contribution in [0.5, 0.6) is 0 Å². The summed E-state index contributed by atoms with van der Waals surface area (Å²) in [5, 5.41) is 4.98. The van der Waals surface area contributed by atoms with Gasteiger partial charge >= 0.3 is 0 Å². The van der Waals surface area contributed by atoms with Crippen LogP contribution >= 0.6 is 15.9 Å². The first kappa shape index (κ1) is 18.9. The third-order valence-electron chi connectivity index (χ3n) is 4.81. The van der Waals surface area contributed by atoms with Gasteiger partial charge in [-0.25, -0.2) is 4.98 Å². The summed E-state index contributed by atoms with van der Waals surface area (Å²) in [6, 6.07) is 9.35. The first-order valence-corrected chi connectivity index (χ1v) is 10.2. The Morgan fingerprint density at radius 2 is 1.93 bits per heavy atom. The molecule has 1 aliphatic rings. The molecule has 0 amide bonds. The molecule has 3 aromatic rings. The average molecular weight is 443 g/mol. The Morgan fingerprint density at radius 1 is 1.18 bits per heavy atom. The minimum Gasteiger partial charge on any atom is -0.440 e. The second-order valence-corrected chi connectivity index (χ2v) is 8.99. The van der Waals surface area contributed by atoms with Gasteiger partial charge in [0.15, 0.2) is 5.88 Å². The lowest BCUT2D eigenvalue weighted by Crippen LogP contribution is -2.29. The minimum absolute atomic E-state index is 0.196. The summed E-state index contributed by atoms with van der Waals surface area (Å²) in [4.78, 5) is 20.1. The average Bonchev–Trinajstić information content (AvgIpc) is 3.32. The molecular weight excluding hydrogens is 420 g/mol. The summed E-state index contributed by atoms with van der Waals surface area (Å²) >= 11 is 3.43. The monoisotopic (exact) mass is 442 g/mol. The summed E-state index contributed by atoms with van der Waals surface area (Å²) in [6.07, 6.45) is 3.96. The van der Waals surface area contributed by atoms with E-state index in [9.17, 15) is 4.79 Å². The molecule has 0 saturated carbocycles. The van der Waals surface area contributed by atoms with Crippen molar-refractivity contribution in [3.63, 3.8) is 0 Å². The van der Waals surface area contributed by atoms with Crippen molar-refractivity contribution in [3.05, 3.63) is 56.7 Å². The molecule has 0 radical (unpaired) electrons. The molecule has 1 aliphatic heterocycles. The number of benzene rings is 1. The van der Waals surface area contributed by atoms with E-state index in [-0.39, 0.29) is 11.0 Å². The quantitative estimate of drug-likeness (QED) is 0.558. The maximum atomic E-state index is 13.1. The molecule has 0 bridgehead atoms. The Hall–Kier alpha value is -2.41. The van der Waals surface area contributed by atoms with Gasteiger partial charge in [0.1, 0.15) is 11.6 Å². The highest BCUT2D eigenvalue weighted by molar-refractivity contribution is 9.10. The number of nitrogens with zero attached hydrogens (tertiary/aromatic N) is 4. The van der Waals surface area contributed by atoms with Crippen LogP contribution in [0.4, 0.5) is 5.88 Å². The molecule has 7 heteroatoms. The first-order valence-electron chi connectivity index (χ1n) is 9.45. The van der Waals surface area contributed by atoms with E-state index in [1.807, 2.05) is 45.0 Å². The molecule has 1 aromatic carbocycles. The minimum atomic E-state index is -0.346. The number of hydrogen-bond acceptors (Lipinski definition) is 5. The fourth-order valence-corrected chi connectivity index (χ4v) is 3.74. The van der Waals surface area contributed by atoms with Gasteiger partial charge in [-0.05, 0) is 37.1 Å². The van der Waals surface area contributed by atoms with Gasteiger partial charge in [-0.1, -0.05) is 36.7 Å². The molecule has 28 heavy (non-hydrogen) atoms. The number of halogens is 1. The fourth-order valence-electron chi connectivity index (χ4n) is 3.38. The summed E-state index contributed by atoms with van der Waals surface area (Å²) < 4.78 is 8.11. The third-order valence-corrected chi connectivity index (χ3v) is 5.30. The first-order chi connectivity index (χ1) is 13.3. The van der Waals surface area contributed by atoms with Crippen LogP contribution in [0.2, 0.25) is 0 Å². The van der Waals surface area contributed by atoms with Crippen LogP contribution in [0.15, 0.2) is 49.1 Å². The van der Waals surface area contributed by atoms with Gasteiger partial charge in [-0.15, -0.1) is 0 Å². The zero-order valence-electron chi connectivity index (χ0n) is 16.3. The van der Waals surface area contributed by atoms with Crippen LogP contribution in [0.1, 0.15) is 45.2 Å². The fraction of sp³-hybridized carbons (Fsp3) is 0.381. The lowest BCUT2D eigenvalue weighted by Gasteiger charge is -2.20. The number of furan rings is 1. The van der Waals surface area contributed by atoms with E-state index in [1.165, 1.54) is 17.5 Å². The Labute approximate surface area is 172 Å². The van der Waals surface area contributed by atoms with Crippen molar-refractivity contribution in [1.29, 1.82) is 0 Å². The highest BCUT2D eigenvalue weighted by atomic mass is 79.9. The molecule has 0 N–H and O–H groups in total. The highest BCUT2D eigenvalue weighted by Gasteiger charge is 2.23. The predicted molar refractivity (Wildman–Crippen MR) is 116 cm³/mol. The van der Waals surface area contributed by atoms with Crippen molar-refractivity contribution in [2.45, 2.75) is 39.0 Å². The van der Waals surface area contributed by atoms with E-state index in [1.54, 1.807) is 12.3 Å². The second-order valence-electron chi connectivity index (χ2n) is 8.08. The van der Waals surface area contributed by atoms with E-state index in [0.717, 1.165) is 23.4 Å². The van der Waals surface area contributed by atoms with E-state index < -0.39 is 0 Å². The van der Waals surface area contributed by atoms with E-state index in [2.05, 4.69) is 25.9 Å². The summed E-state index contributed by atoms with van der Waals surface area (Å²) in [7, 11) is 0. The smallest absolute Gasteiger partial charge is 0.282 e. The van der Waals surface area contributed by atoms with Gasteiger partial charge in [0.25, 0.3) is 5.56 Å². The van der Waals surface area contributed by atoms with Crippen LogP contribution in [0.3, 0.4) is 0 Å². The van der Waals surface area contributed by atoms with Crippen molar-refractivity contribution in [2.75, 3.05) is 18.0 Å². The molecule has 0 unspecified atom stereocenters.